The van der Waals surface area contributed by atoms with Crippen molar-refractivity contribution in [3.05, 3.63) is 16.0 Å². The lowest BCUT2D eigenvalue weighted by Crippen LogP contribution is -2.15. The molecule has 0 aromatic carbocycles. The molecule has 1 aromatic heterocycles. The zero-order chi connectivity index (χ0) is 13.7. The average molecular weight is 271 g/mol. The lowest BCUT2D eigenvalue weighted by atomic mass is 10.1. The molecule has 0 unspecified atom stereocenters. The van der Waals surface area contributed by atoms with Crippen LogP contribution in [0.25, 0.3) is 0 Å². The van der Waals surface area contributed by atoms with Gasteiger partial charge < -0.3 is 15.2 Å². The van der Waals surface area contributed by atoms with E-state index in [2.05, 4.69) is 5.32 Å². The first-order chi connectivity index (χ1) is 8.51. The molecule has 0 aliphatic rings. The Balaban J connectivity index is 2.95. The minimum atomic E-state index is -1.00. The van der Waals surface area contributed by atoms with Crippen LogP contribution in [-0.4, -0.2) is 30.7 Å². The summed E-state index contributed by atoms with van der Waals surface area (Å²) in [6, 6.07) is 0. The number of thiophene rings is 1. The van der Waals surface area contributed by atoms with Crippen molar-refractivity contribution in [2.45, 2.75) is 26.7 Å². The summed E-state index contributed by atoms with van der Waals surface area (Å²) in [5.74, 6) is -1.23. The van der Waals surface area contributed by atoms with Gasteiger partial charge in [0.05, 0.1) is 18.6 Å². The maximum Gasteiger partial charge on any atom is 0.339 e. The third-order valence-electron chi connectivity index (χ3n) is 2.56. The van der Waals surface area contributed by atoms with Crippen LogP contribution in [0, 0.1) is 6.92 Å². The number of carboxylic acids is 1. The predicted octanol–water partition coefficient (Wildman–Crippen LogP) is 2.29. The molecule has 5 nitrogen and oxygen atoms in total. The van der Waals surface area contributed by atoms with Gasteiger partial charge in [0.15, 0.2) is 0 Å². The first-order valence-electron chi connectivity index (χ1n) is 5.65. The van der Waals surface area contributed by atoms with Gasteiger partial charge in [-0.25, -0.2) is 4.79 Å². The highest BCUT2D eigenvalue weighted by Crippen LogP contribution is 2.33. The van der Waals surface area contributed by atoms with E-state index in [4.69, 9.17) is 4.74 Å². The number of hydrogen-bond acceptors (Lipinski definition) is 4. The molecule has 0 fully saturated rings. The summed E-state index contributed by atoms with van der Waals surface area (Å²) in [6.45, 7) is 4.08. The molecule has 0 aliphatic heterocycles. The molecule has 0 radical (unpaired) electrons. The Kier molecular flexibility index (Phi) is 5.30. The maximum absolute atomic E-state index is 11.6. The van der Waals surface area contributed by atoms with Crippen LogP contribution in [0.3, 0.4) is 0 Å². The van der Waals surface area contributed by atoms with Crippen LogP contribution in [0.2, 0.25) is 0 Å². The van der Waals surface area contributed by atoms with E-state index in [-0.39, 0.29) is 17.9 Å². The van der Waals surface area contributed by atoms with Crippen molar-refractivity contribution in [2.75, 3.05) is 19.0 Å². The van der Waals surface area contributed by atoms with E-state index in [1.54, 1.807) is 0 Å². The van der Waals surface area contributed by atoms with Gasteiger partial charge in [-0.1, -0.05) is 6.92 Å². The molecule has 0 bridgehead atoms. The summed E-state index contributed by atoms with van der Waals surface area (Å²) in [5.41, 5.74) is 1.00. The van der Waals surface area contributed by atoms with Gasteiger partial charge in [0.2, 0.25) is 5.91 Å². The first-order valence-corrected chi connectivity index (χ1v) is 6.47. The van der Waals surface area contributed by atoms with Gasteiger partial charge in [-0.2, -0.15) is 0 Å². The maximum atomic E-state index is 11.6. The Morgan fingerprint density at radius 3 is 2.61 bits per heavy atom. The summed E-state index contributed by atoms with van der Waals surface area (Å²) in [7, 11) is 1.51. The highest BCUT2D eigenvalue weighted by molar-refractivity contribution is 7.16. The van der Waals surface area contributed by atoms with E-state index < -0.39 is 5.97 Å². The van der Waals surface area contributed by atoms with Crippen molar-refractivity contribution < 1.29 is 19.4 Å². The number of carbonyl (C=O) groups is 2. The van der Waals surface area contributed by atoms with E-state index in [1.165, 1.54) is 18.4 Å². The van der Waals surface area contributed by atoms with Crippen LogP contribution in [0.5, 0.6) is 0 Å². The Bertz CT molecular complexity index is 453. The number of hydrogen-bond donors (Lipinski definition) is 2. The summed E-state index contributed by atoms with van der Waals surface area (Å²) in [5, 5.41) is 12.3. The lowest BCUT2D eigenvalue weighted by molar-refractivity contribution is -0.117. The molecule has 1 amide bonds. The van der Waals surface area contributed by atoms with Crippen molar-refractivity contribution in [1.29, 1.82) is 0 Å². The van der Waals surface area contributed by atoms with Crippen molar-refractivity contribution in [3.63, 3.8) is 0 Å². The second-order valence-electron chi connectivity index (χ2n) is 3.79. The molecular weight excluding hydrogens is 254 g/mol. The van der Waals surface area contributed by atoms with Crippen LogP contribution < -0.4 is 5.32 Å². The minimum Gasteiger partial charge on any atom is -0.478 e. The number of carbonyl (C=O) groups excluding carboxylic acids is 1. The lowest BCUT2D eigenvalue weighted by Gasteiger charge is -2.04. The van der Waals surface area contributed by atoms with Crippen LogP contribution in [0.4, 0.5) is 5.00 Å². The average Bonchev–Trinajstić information content (AvgIpc) is 2.62. The predicted molar refractivity (Wildman–Crippen MR) is 70.5 cm³/mol. The molecule has 0 saturated heterocycles. The zero-order valence-corrected chi connectivity index (χ0v) is 11.5. The van der Waals surface area contributed by atoms with Gasteiger partial charge in [0.25, 0.3) is 0 Å². The third-order valence-corrected chi connectivity index (χ3v) is 3.63. The van der Waals surface area contributed by atoms with Crippen LogP contribution in [0.1, 0.15) is 34.1 Å². The highest BCUT2D eigenvalue weighted by atomic mass is 32.1. The normalized spacial score (nSPS) is 10.4. The zero-order valence-electron chi connectivity index (χ0n) is 10.7. The summed E-state index contributed by atoms with van der Waals surface area (Å²) < 4.78 is 4.80. The molecule has 6 heteroatoms. The second-order valence-corrected chi connectivity index (χ2v) is 5.02. The van der Waals surface area contributed by atoms with E-state index in [1.807, 2.05) is 13.8 Å². The van der Waals surface area contributed by atoms with Gasteiger partial charge in [-0.05, 0) is 18.9 Å². The van der Waals surface area contributed by atoms with Gasteiger partial charge in [0, 0.05) is 12.0 Å². The van der Waals surface area contributed by atoms with E-state index in [9.17, 15) is 14.7 Å². The fourth-order valence-electron chi connectivity index (χ4n) is 1.70. The number of nitrogens with one attached hydrogen (secondary N) is 1. The quantitative estimate of drug-likeness (QED) is 0.832. The Hall–Kier alpha value is -1.40. The summed E-state index contributed by atoms with van der Waals surface area (Å²) in [6.07, 6.45) is 0.853. The molecular formula is C12H17NO4S. The fourth-order valence-corrected chi connectivity index (χ4v) is 2.86. The molecule has 2 N–H and O–H groups in total. The Morgan fingerprint density at radius 1 is 1.44 bits per heavy atom. The van der Waals surface area contributed by atoms with Crippen molar-refractivity contribution >= 4 is 28.2 Å². The van der Waals surface area contributed by atoms with Crippen LogP contribution in [0.15, 0.2) is 0 Å². The molecule has 100 valence electrons. The monoisotopic (exact) mass is 271 g/mol. The van der Waals surface area contributed by atoms with Gasteiger partial charge in [0.1, 0.15) is 5.00 Å². The van der Waals surface area contributed by atoms with Crippen molar-refractivity contribution in [3.8, 4) is 0 Å². The molecule has 0 saturated carbocycles. The highest BCUT2D eigenvalue weighted by Gasteiger charge is 2.21. The SMILES string of the molecule is CCc1c(C)sc(NC(=O)CCOC)c1C(=O)O. The molecule has 1 rings (SSSR count). The third kappa shape index (κ3) is 3.30. The summed E-state index contributed by atoms with van der Waals surface area (Å²) >= 11 is 1.30. The van der Waals surface area contributed by atoms with Gasteiger partial charge >= 0.3 is 5.97 Å². The van der Waals surface area contributed by atoms with Gasteiger partial charge in [-0.3, -0.25) is 4.79 Å². The molecule has 1 aromatic rings. The molecule has 1 heterocycles. The van der Waals surface area contributed by atoms with E-state index >= 15 is 0 Å². The number of rotatable bonds is 6. The standard InChI is InChI=1S/C12H17NO4S/c1-4-8-7(2)18-11(10(8)12(15)16)13-9(14)5-6-17-3/h4-6H2,1-3H3,(H,13,14)(H,15,16). The largest absolute Gasteiger partial charge is 0.478 e. The summed E-state index contributed by atoms with van der Waals surface area (Å²) in [4.78, 5) is 23.7. The van der Waals surface area contributed by atoms with Crippen molar-refractivity contribution in [1.82, 2.24) is 0 Å². The first kappa shape index (κ1) is 14.7. The number of ether oxygens (including phenoxy) is 1. The molecule has 0 aliphatic carbocycles. The number of methoxy groups -OCH3 is 1. The Morgan fingerprint density at radius 2 is 2.11 bits per heavy atom. The second kappa shape index (κ2) is 6.51. The number of amides is 1. The molecule has 0 spiro atoms. The molecule has 18 heavy (non-hydrogen) atoms. The topological polar surface area (TPSA) is 75.6 Å². The fraction of sp³-hybridized carbons (Fsp3) is 0.500. The van der Waals surface area contributed by atoms with E-state index in [0.29, 0.717) is 18.0 Å². The van der Waals surface area contributed by atoms with Crippen LogP contribution >= 0.6 is 11.3 Å². The number of aromatic carboxylic acids is 1. The van der Waals surface area contributed by atoms with Crippen molar-refractivity contribution in [2.24, 2.45) is 0 Å². The Labute approximate surface area is 110 Å². The molecule has 0 atom stereocenters. The smallest absolute Gasteiger partial charge is 0.339 e. The minimum absolute atomic E-state index is 0.214. The number of aryl methyl sites for hydroxylation is 1. The van der Waals surface area contributed by atoms with Gasteiger partial charge in [-0.15, -0.1) is 11.3 Å². The van der Waals surface area contributed by atoms with E-state index in [0.717, 1.165) is 10.4 Å². The van der Waals surface area contributed by atoms with Crippen LogP contribution in [-0.2, 0) is 16.0 Å². The number of carboxylic acid groups (broad SMARTS) is 1. The number of anilines is 1.